The van der Waals surface area contributed by atoms with Crippen molar-refractivity contribution < 1.29 is 13.2 Å². The molecular weight excluding hydrogens is 336 g/mol. The van der Waals surface area contributed by atoms with Crippen LogP contribution in [0.25, 0.3) is 0 Å². The number of carbonyl (C=O) groups is 1. The van der Waals surface area contributed by atoms with Gasteiger partial charge in [-0.1, -0.05) is 36.4 Å². The first kappa shape index (κ1) is 16.3. The largest absolute Gasteiger partial charge is 0.310 e. The number of anilines is 1. The average Bonchev–Trinajstić information content (AvgIpc) is 3.29. The maximum absolute atomic E-state index is 13.1. The highest BCUT2D eigenvalue weighted by Crippen LogP contribution is 2.32. The number of nitrogens with zero attached hydrogens (tertiary/aromatic N) is 2. The fourth-order valence-electron chi connectivity index (χ4n) is 3.75. The molecule has 0 radical (unpaired) electrons. The third-order valence-electron chi connectivity index (χ3n) is 4.99. The summed E-state index contributed by atoms with van der Waals surface area (Å²) < 4.78 is 27.3. The summed E-state index contributed by atoms with van der Waals surface area (Å²) in [6.45, 7) is 1.01. The molecule has 25 heavy (non-hydrogen) atoms. The van der Waals surface area contributed by atoms with Crippen molar-refractivity contribution in [3.8, 4) is 0 Å². The SMILES string of the molecule is O=C([C@H]1CCCN1S(=O)(=O)c1ccccc1)N1CCc2ccccc21. The molecule has 0 bridgehead atoms. The van der Waals surface area contributed by atoms with Crippen LogP contribution in [0.1, 0.15) is 18.4 Å². The zero-order chi connectivity index (χ0) is 17.4. The van der Waals surface area contributed by atoms with E-state index in [2.05, 4.69) is 0 Å². The van der Waals surface area contributed by atoms with Crippen LogP contribution >= 0.6 is 0 Å². The van der Waals surface area contributed by atoms with E-state index in [9.17, 15) is 13.2 Å². The van der Waals surface area contributed by atoms with Crippen molar-refractivity contribution in [2.45, 2.75) is 30.2 Å². The van der Waals surface area contributed by atoms with Gasteiger partial charge in [0.15, 0.2) is 0 Å². The summed E-state index contributed by atoms with van der Waals surface area (Å²) in [4.78, 5) is 15.1. The molecule has 2 aromatic carbocycles. The maximum Gasteiger partial charge on any atom is 0.245 e. The molecule has 2 aromatic rings. The van der Waals surface area contributed by atoms with Crippen molar-refractivity contribution in [2.24, 2.45) is 0 Å². The Morgan fingerprint density at radius 3 is 2.48 bits per heavy atom. The van der Waals surface area contributed by atoms with Crippen LogP contribution in [-0.4, -0.2) is 37.8 Å². The normalized spacial score (nSPS) is 20.6. The second-order valence-electron chi connectivity index (χ2n) is 6.46. The number of hydrogen-bond donors (Lipinski definition) is 0. The minimum atomic E-state index is -3.65. The fraction of sp³-hybridized carbons (Fsp3) is 0.316. The minimum absolute atomic E-state index is 0.109. The van der Waals surface area contributed by atoms with E-state index in [1.807, 2.05) is 24.3 Å². The van der Waals surface area contributed by atoms with E-state index >= 15 is 0 Å². The van der Waals surface area contributed by atoms with Gasteiger partial charge in [0.2, 0.25) is 15.9 Å². The summed E-state index contributed by atoms with van der Waals surface area (Å²) in [6.07, 6.45) is 2.10. The quantitative estimate of drug-likeness (QED) is 0.849. The van der Waals surface area contributed by atoms with Crippen LogP contribution in [0.4, 0.5) is 5.69 Å². The Balaban J connectivity index is 1.63. The third-order valence-corrected chi connectivity index (χ3v) is 6.91. The molecular formula is C19H20N2O3S. The first-order valence-corrected chi connectivity index (χ1v) is 9.99. The summed E-state index contributed by atoms with van der Waals surface area (Å²) in [6, 6.07) is 15.6. The van der Waals surface area contributed by atoms with Gasteiger partial charge in [-0.2, -0.15) is 4.31 Å². The van der Waals surface area contributed by atoms with Crippen molar-refractivity contribution in [3.05, 3.63) is 60.2 Å². The highest BCUT2D eigenvalue weighted by atomic mass is 32.2. The second-order valence-corrected chi connectivity index (χ2v) is 8.35. The van der Waals surface area contributed by atoms with Crippen LogP contribution in [0, 0.1) is 0 Å². The van der Waals surface area contributed by atoms with Gasteiger partial charge in [-0.3, -0.25) is 4.79 Å². The van der Waals surface area contributed by atoms with Crippen molar-refractivity contribution in [3.63, 3.8) is 0 Å². The molecule has 1 fully saturated rings. The number of carbonyl (C=O) groups excluding carboxylic acids is 1. The zero-order valence-corrected chi connectivity index (χ0v) is 14.7. The Morgan fingerprint density at radius 2 is 1.68 bits per heavy atom. The Hall–Kier alpha value is -2.18. The van der Waals surface area contributed by atoms with Crippen LogP contribution in [0.15, 0.2) is 59.5 Å². The Bertz CT molecular complexity index is 896. The molecule has 1 atom stereocenters. The van der Waals surface area contributed by atoms with E-state index in [1.54, 1.807) is 35.2 Å². The number of para-hydroxylation sites is 1. The van der Waals surface area contributed by atoms with Gasteiger partial charge in [0, 0.05) is 18.8 Å². The van der Waals surface area contributed by atoms with Gasteiger partial charge in [-0.25, -0.2) is 8.42 Å². The highest BCUT2D eigenvalue weighted by molar-refractivity contribution is 7.89. The van der Waals surface area contributed by atoms with Crippen LogP contribution in [0.2, 0.25) is 0 Å². The molecule has 0 unspecified atom stereocenters. The fourth-order valence-corrected chi connectivity index (χ4v) is 5.42. The molecule has 2 aliphatic heterocycles. The first-order valence-electron chi connectivity index (χ1n) is 8.55. The summed E-state index contributed by atoms with van der Waals surface area (Å²) in [5.74, 6) is -0.109. The van der Waals surface area contributed by atoms with E-state index in [0.717, 1.165) is 17.7 Å². The molecule has 6 heteroatoms. The van der Waals surface area contributed by atoms with Crippen LogP contribution in [0.5, 0.6) is 0 Å². The summed E-state index contributed by atoms with van der Waals surface area (Å²) in [7, 11) is -3.65. The number of benzene rings is 2. The zero-order valence-electron chi connectivity index (χ0n) is 13.8. The summed E-state index contributed by atoms with van der Waals surface area (Å²) >= 11 is 0. The topological polar surface area (TPSA) is 57.7 Å². The molecule has 2 heterocycles. The van der Waals surface area contributed by atoms with Gasteiger partial charge in [-0.05, 0) is 43.0 Å². The molecule has 0 saturated carbocycles. The van der Waals surface area contributed by atoms with Crippen molar-refractivity contribution >= 4 is 21.6 Å². The minimum Gasteiger partial charge on any atom is -0.310 e. The Kier molecular flexibility index (Phi) is 4.09. The molecule has 0 aromatic heterocycles. The highest BCUT2D eigenvalue weighted by Gasteiger charge is 2.42. The Morgan fingerprint density at radius 1 is 0.960 bits per heavy atom. The second kappa shape index (κ2) is 6.28. The van der Waals surface area contributed by atoms with Crippen LogP contribution in [0.3, 0.4) is 0 Å². The van der Waals surface area contributed by atoms with E-state index in [1.165, 1.54) is 4.31 Å². The van der Waals surface area contributed by atoms with Crippen molar-refractivity contribution in [1.29, 1.82) is 0 Å². The molecule has 2 aliphatic rings. The monoisotopic (exact) mass is 356 g/mol. The van der Waals surface area contributed by atoms with Gasteiger partial charge in [-0.15, -0.1) is 0 Å². The van der Waals surface area contributed by atoms with Gasteiger partial charge in [0.05, 0.1) is 4.90 Å². The van der Waals surface area contributed by atoms with E-state index in [-0.39, 0.29) is 10.8 Å². The number of fused-ring (bicyclic) bond motifs is 1. The third kappa shape index (κ3) is 2.75. The molecule has 5 nitrogen and oxygen atoms in total. The standard InChI is InChI=1S/C19H20N2O3S/c22-19(20-14-12-15-7-4-5-10-17(15)20)18-11-6-13-21(18)25(23,24)16-8-2-1-3-9-16/h1-5,7-10,18H,6,11-14H2/t18-/m1/s1. The molecule has 130 valence electrons. The smallest absolute Gasteiger partial charge is 0.245 e. The molecule has 1 amide bonds. The van der Waals surface area contributed by atoms with Gasteiger partial charge < -0.3 is 4.90 Å². The predicted octanol–water partition coefficient (Wildman–Crippen LogP) is 2.43. The maximum atomic E-state index is 13.1. The van der Waals surface area contributed by atoms with Gasteiger partial charge in [0.25, 0.3) is 0 Å². The molecule has 1 saturated heterocycles. The molecule has 0 aliphatic carbocycles. The summed E-state index contributed by atoms with van der Waals surface area (Å²) in [5, 5.41) is 0. The number of amides is 1. The van der Waals surface area contributed by atoms with E-state index < -0.39 is 16.1 Å². The number of sulfonamides is 1. The van der Waals surface area contributed by atoms with Crippen molar-refractivity contribution in [1.82, 2.24) is 4.31 Å². The lowest BCUT2D eigenvalue weighted by atomic mass is 10.1. The molecule has 0 N–H and O–H groups in total. The average molecular weight is 356 g/mol. The lowest BCUT2D eigenvalue weighted by Gasteiger charge is -2.27. The summed E-state index contributed by atoms with van der Waals surface area (Å²) in [5.41, 5.74) is 2.06. The van der Waals surface area contributed by atoms with Crippen LogP contribution < -0.4 is 4.90 Å². The van der Waals surface area contributed by atoms with Crippen LogP contribution in [-0.2, 0) is 21.2 Å². The Labute approximate surface area is 147 Å². The lowest BCUT2D eigenvalue weighted by Crippen LogP contribution is -2.47. The van der Waals surface area contributed by atoms with E-state index in [0.29, 0.717) is 25.9 Å². The first-order chi connectivity index (χ1) is 12.1. The number of hydrogen-bond acceptors (Lipinski definition) is 3. The van der Waals surface area contributed by atoms with Gasteiger partial charge in [0.1, 0.15) is 6.04 Å². The molecule has 0 spiro atoms. The molecule has 4 rings (SSSR count). The van der Waals surface area contributed by atoms with E-state index in [4.69, 9.17) is 0 Å². The van der Waals surface area contributed by atoms with Crippen molar-refractivity contribution in [2.75, 3.05) is 18.0 Å². The predicted molar refractivity (Wildman–Crippen MR) is 95.9 cm³/mol. The lowest BCUT2D eigenvalue weighted by molar-refractivity contribution is -0.121. The number of rotatable bonds is 3. The van der Waals surface area contributed by atoms with Gasteiger partial charge >= 0.3 is 0 Å².